The molecular weight excluding hydrogens is 539 g/mol. The Morgan fingerprint density at radius 3 is 2.00 bits per heavy atom. The molecule has 0 saturated carbocycles. The van der Waals surface area contributed by atoms with Crippen LogP contribution in [0.1, 0.15) is 38.8 Å². The van der Waals surface area contributed by atoms with Gasteiger partial charge in [-0.3, -0.25) is 29.0 Å². The molecule has 40 heavy (non-hydrogen) atoms. The Hall–Kier alpha value is -3.73. The van der Waals surface area contributed by atoms with E-state index in [4.69, 9.17) is 9.79 Å². The third kappa shape index (κ3) is 11.6. The van der Waals surface area contributed by atoms with E-state index in [-0.39, 0.29) is 24.0 Å². The molecular formula is C27H37N4O8P. The molecule has 0 aromatic heterocycles. The molecule has 6 N–H and O–H groups in total. The quantitative estimate of drug-likeness (QED) is 0.181. The van der Waals surface area contributed by atoms with Crippen LogP contribution in [0.15, 0.2) is 54.6 Å². The first-order valence-corrected chi connectivity index (χ1v) is 14.3. The summed E-state index contributed by atoms with van der Waals surface area (Å²) in [6.45, 7) is 6.68. The molecule has 0 aliphatic carbocycles. The Bertz CT molecular complexity index is 1200. The average Bonchev–Trinajstić information content (AvgIpc) is 2.87. The fourth-order valence-corrected chi connectivity index (χ4v) is 4.20. The van der Waals surface area contributed by atoms with E-state index in [9.17, 15) is 23.7 Å². The van der Waals surface area contributed by atoms with Gasteiger partial charge >= 0.3 is 7.82 Å². The number of carbonyl (C=O) groups excluding carboxylic acids is 4. The van der Waals surface area contributed by atoms with Gasteiger partial charge in [-0.2, -0.15) is 0 Å². The SMILES string of the molecule is CC(=O)N[C@@H](Cc1ccc(OP(=O)(O)O)cc1)C(=O)N[C@H](C(=O)N[C@@H](C)C(=O)NCCc1ccccc1)C(C)C. The van der Waals surface area contributed by atoms with Crippen LogP contribution in [0.2, 0.25) is 0 Å². The maximum Gasteiger partial charge on any atom is 0.524 e. The molecule has 0 heterocycles. The van der Waals surface area contributed by atoms with Crippen LogP contribution in [0.5, 0.6) is 5.75 Å². The second-order valence-electron chi connectivity index (χ2n) is 9.67. The van der Waals surface area contributed by atoms with Gasteiger partial charge in [0.05, 0.1) is 0 Å². The monoisotopic (exact) mass is 576 g/mol. The molecule has 0 saturated heterocycles. The van der Waals surface area contributed by atoms with Crippen molar-refractivity contribution >= 4 is 31.5 Å². The number of nitrogens with one attached hydrogen (secondary N) is 4. The summed E-state index contributed by atoms with van der Waals surface area (Å²) >= 11 is 0. The Labute approximate surface area is 233 Å². The van der Waals surface area contributed by atoms with E-state index in [2.05, 4.69) is 25.8 Å². The number of phosphoric acid groups is 1. The maximum atomic E-state index is 13.1. The number of hydrogen-bond donors (Lipinski definition) is 6. The lowest BCUT2D eigenvalue weighted by atomic mass is 10.0. The van der Waals surface area contributed by atoms with E-state index in [0.29, 0.717) is 18.5 Å². The van der Waals surface area contributed by atoms with E-state index >= 15 is 0 Å². The fourth-order valence-electron chi connectivity index (χ4n) is 3.80. The first-order chi connectivity index (χ1) is 18.7. The molecule has 12 nitrogen and oxygen atoms in total. The third-order valence-corrected chi connectivity index (χ3v) is 6.28. The Balaban J connectivity index is 1.99. The van der Waals surface area contributed by atoms with E-state index in [0.717, 1.165) is 5.56 Å². The molecule has 0 radical (unpaired) electrons. The van der Waals surface area contributed by atoms with Gasteiger partial charge in [0.1, 0.15) is 23.9 Å². The molecule has 4 amide bonds. The highest BCUT2D eigenvalue weighted by atomic mass is 31.2. The van der Waals surface area contributed by atoms with E-state index in [1.807, 2.05) is 30.3 Å². The molecule has 13 heteroatoms. The zero-order chi connectivity index (χ0) is 29.9. The predicted molar refractivity (Wildman–Crippen MR) is 148 cm³/mol. The summed E-state index contributed by atoms with van der Waals surface area (Å²) in [5, 5.41) is 10.7. The van der Waals surface area contributed by atoms with Crippen LogP contribution in [0.25, 0.3) is 0 Å². The third-order valence-electron chi connectivity index (χ3n) is 5.84. The lowest BCUT2D eigenvalue weighted by Gasteiger charge is -2.26. The molecule has 0 bridgehead atoms. The van der Waals surface area contributed by atoms with E-state index in [1.165, 1.54) is 31.2 Å². The molecule has 2 aromatic rings. The minimum Gasteiger partial charge on any atom is -0.404 e. The van der Waals surface area contributed by atoms with E-state index < -0.39 is 43.7 Å². The maximum absolute atomic E-state index is 13.1. The van der Waals surface area contributed by atoms with Crippen LogP contribution in [-0.4, -0.2) is 58.1 Å². The first kappa shape index (κ1) is 32.5. The molecule has 0 unspecified atom stereocenters. The van der Waals surface area contributed by atoms with Crippen LogP contribution in [0.4, 0.5) is 0 Å². The number of benzene rings is 2. The van der Waals surface area contributed by atoms with Gasteiger partial charge in [-0.1, -0.05) is 56.3 Å². The predicted octanol–water partition coefficient (Wildman–Crippen LogP) is 1.21. The zero-order valence-corrected chi connectivity index (χ0v) is 23.8. The highest BCUT2D eigenvalue weighted by Crippen LogP contribution is 2.37. The molecule has 0 aliphatic rings. The lowest BCUT2D eigenvalue weighted by Crippen LogP contribution is -2.58. The largest absolute Gasteiger partial charge is 0.524 e. The summed E-state index contributed by atoms with van der Waals surface area (Å²) in [4.78, 5) is 68.3. The van der Waals surface area contributed by atoms with Gasteiger partial charge in [0.2, 0.25) is 23.6 Å². The van der Waals surface area contributed by atoms with Crippen molar-refractivity contribution in [2.45, 2.75) is 58.7 Å². The number of hydrogen-bond acceptors (Lipinski definition) is 6. The normalized spacial score (nSPS) is 13.5. The van der Waals surface area contributed by atoms with Crippen molar-refractivity contribution in [3.63, 3.8) is 0 Å². The molecule has 2 rings (SSSR count). The Kier molecular flexibility index (Phi) is 12.3. The summed E-state index contributed by atoms with van der Waals surface area (Å²) in [6.07, 6.45) is 0.677. The second-order valence-corrected chi connectivity index (χ2v) is 10.8. The number of amides is 4. The van der Waals surface area contributed by atoms with Crippen LogP contribution in [0, 0.1) is 5.92 Å². The second kappa shape index (κ2) is 15.2. The summed E-state index contributed by atoms with van der Waals surface area (Å²) in [5.74, 6) is -2.38. The molecule has 3 atom stereocenters. The molecule has 0 fully saturated rings. The average molecular weight is 577 g/mol. The molecule has 218 valence electrons. The van der Waals surface area contributed by atoms with Crippen molar-refractivity contribution in [1.82, 2.24) is 21.3 Å². The summed E-state index contributed by atoms with van der Waals surface area (Å²) < 4.78 is 15.5. The van der Waals surface area contributed by atoms with Crippen molar-refractivity contribution in [2.75, 3.05) is 6.54 Å². The van der Waals surface area contributed by atoms with Gasteiger partial charge in [0.25, 0.3) is 0 Å². The van der Waals surface area contributed by atoms with Crippen molar-refractivity contribution in [1.29, 1.82) is 0 Å². The standard InChI is InChI=1S/C27H37N4O8P/c1-17(2)24(27(35)29-18(3)25(33)28-15-14-20-8-6-5-7-9-20)31-26(34)23(30-19(4)32)16-21-10-12-22(13-11-21)39-40(36,37)38/h5-13,17-18,23-24H,14-16H2,1-4H3,(H,28,33)(H,29,35)(H,30,32)(H,31,34)(H2,36,37,38)/t18-,23-,24-/m0/s1. The van der Waals surface area contributed by atoms with Gasteiger partial charge in [0, 0.05) is 19.9 Å². The molecule has 2 aromatic carbocycles. The van der Waals surface area contributed by atoms with Gasteiger partial charge in [-0.15, -0.1) is 0 Å². The first-order valence-electron chi connectivity index (χ1n) is 12.8. The molecule has 0 aliphatic heterocycles. The van der Waals surface area contributed by atoms with Gasteiger partial charge in [-0.25, -0.2) is 4.57 Å². The number of rotatable bonds is 14. The number of carbonyl (C=O) groups is 4. The van der Waals surface area contributed by atoms with Crippen molar-refractivity contribution in [2.24, 2.45) is 5.92 Å². The van der Waals surface area contributed by atoms with Crippen LogP contribution in [-0.2, 0) is 36.6 Å². The van der Waals surface area contributed by atoms with Crippen LogP contribution in [0.3, 0.4) is 0 Å². The summed E-state index contributed by atoms with van der Waals surface area (Å²) in [7, 11) is -4.72. The van der Waals surface area contributed by atoms with Gasteiger partial charge < -0.3 is 25.8 Å². The van der Waals surface area contributed by atoms with Crippen molar-refractivity contribution in [3.05, 3.63) is 65.7 Å². The summed E-state index contributed by atoms with van der Waals surface area (Å²) in [6, 6.07) is 12.4. The van der Waals surface area contributed by atoms with Gasteiger partial charge in [-0.05, 0) is 42.5 Å². The van der Waals surface area contributed by atoms with E-state index in [1.54, 1.807) is 20.8 Å². The smallest absolute Gasteiger partial charge is 0.404 e. The summed E-state index contributed by atoms with van der Waals surface area (Å²) in [5.41, 5.74) is 1.64. The Morgan fingerprint density at radius 1 is 0.825 bits per heavy atom. The van der Waals surface area contributed by atoms with Crippen LogP contribution < -0.4 is 25.8 Å². The minimum absolute atomic E-state index is 0.0360. The Morgan fingerprint density at radius 2 is 1.45 bits per heavy atom. The van der Waals surface area contributed by atoms with Crippen molar-refractivity contribution in [3.8, 4) is 5.75 Å². The highest BCUT2D eigenvalue weighted by Gasteiger charge is 2.30. The molecule has 0 spiro atoms. The zero-order valence-electron chi connectivity index (χ0n) is 22.9. The van der Waals surface area contributed by atoms with Gasteiger partial charge in [0.15, 0.2) is 0 Å². The number of phosphoric ester groups is 1. The highest BCUT2D eigenvalue weighted by molar-refractivity contribution is 7.46. The van der Waals surface area contributed by atoms with Crippen LogP contribution >= 0.6 is 7.82 Å². The minimum atomic E-state index is -4.72. The lowest BCUT2D eigenvalue weighted by molar-refractivity contribution is -0.134. The topological polar surface area (TPSA) is 183 Å². The van der Waals surface area contributed by atoms with Crippen molar-refractivity contribution < 1.29 is 38.1 Å². The fraction of sp³-hybridized carbons (Fsp3) is 0.407.